The number of hydrogen-bond donors (Lipinski definition) is 2. The van der Waals surface area contributed by atoms with Gasteiger partial charge in [-0.25, -0.2) is 0 Å². The Hall–Kier alpha value is -3.08. The van der Waals surface area contributed by atoms with Crippen molar-refractivity contribution in [1.29, 1.82) is 0 Å². The third kappa shape index (κ3) is 6.25. The second kappa shape index (κ2) is 11.2. The van der Waals surface area contributed by atoms with Crippen LogP contribution in [0.4, 0.5) is 0 Å². The van der Waals surface area contributed by atoms with Gasteiger partial charge in [-0.05, 0) is 84.8 Å². The van der Waals surface area contributed by atoms with E-state index in [4.69, 9.17) is 4.74 Å². The summed E-state index contributed by atoms with van der Waals surface area (Å²) in [6.07, 6.45) is 3.69. The highest BCUT2D eigenvalue weighted by atomic mass is 16.5. The summed E-state index contributed by atoms with van der Waals surface area (Å²) >= 11 is 0. The quantitative estimate of drug-likeness (QED) is 0.230. The number of nitrogens with zero attached hydrogens (tertiary/aromatic N) is 1. The molecule has 0 radical (unpaired) electrons. The number of rotatable bonds is 11. The number of allylic oxidation sites excluding steroid dienone is 1. The van der Waals surface area contributed by atoms with Gasteiger partial charge >= 0.3 is 0 Å². The molecule has 0 saturated carbocycles. The Balaban J connectivity index is 1.62. The lowest BCUT2D eigenvalue weighted by Gasteiger charge is -2.18. The molecule has 33 heavy (non-hydrogen) atoms. The lowest BCUT2D eigenvalue weighted by molar-refractivity contribution is 0.290. The average molecular weight is 444 g/mol. The van der Waals surface area contributed by atoms with Crippen LogP contribution in [0.2, 0.25) is 0 Å². The molecule has 0 spiro atoms. The minimum atomic E-state index is 0.141. The van der Waals surface area contributed by atoms with Crippen molar-refractivity contribution in [3.63, 3.8) is 0 Å². The summed E-state index contributed by atoms with van der Waals surface area (Å²) in [5.74, 6) is 1.13. The molecule has 2 N–H and O–H groups in total. The largest absolute Gasteiger partial charge is 0.508 e. The highest BCUT2D eigenvalue weighted by Gasteiger charge is 2.28. The van der Waals surface area contributed by atoms with E-state index >= 15 is 0 Å². The summed E-state index contributed by atoms with van der Waals surface area (Å²) in [5, 5.41) is 19.4. The smallest absolute Gasteiger partial charge is 0.119 e. The number of aliphatic hydroxyl groups excluding tert-OH is 1. The van der Waals surface area contributed by atoms with Crippen LogP contribution in [0.25, 0.3) is 11.1 Å². The van der Waals surface area contributed by atoms with E-state index in [1.807, 2.05) is 42.5 Å². The SMILES string of the molecule is CN1C[C@H]1CCCOc1ccc(C(=C(CCCO)c2ccccc2)c2ccc(O)cc2)cc1. The molecule has 1 saturated heterocycles. The first-order valence-electron chi connectivity index (χ1n) is 11.8. The molecule has 0 amide bonds. The lowest BCUT2D eigenvalue weighted by Crippen LogP contribution is -2.02. The van der Waals surface area contributed by atoms with E-state index in [0.29, 0.717) is 6.42 Å². The van der Waals surface area contributed by atoms with Crippen LogP contribution < -0.4 is 4.74 Å². The van der Waals surface area contributed by atoms with Crippen molar-refractivity contribution in [2.24, 2.45) is 0 Å². The van der Waals surface area contributed by atoms with Crippen LogP contribution in [0.1, 0.15) is 42.4 Å². The number of aromatic hydroxyl groups is 1. The number of phenolic OH excluding ortho intramolecular Hbond substituents is 1. The fourth-order valence-corrected chi connectivity index (χ4v) is 4.28. The van der Waals surface area contributed by atoms with Crippen molar-refractivity contribution in [3.8, 4) is 11.5 Å². The molecular formula is C29H33NO3. The van der Waals surface area contributed by atoms with Crippen molar-refractivity contribution < 1.29 is 14.9 Å². The van der Waals surface area contributed by atoms with Crippen LogP contribution in [-0.4, -0.2) is 48.0 Å². The van der Waals surface area contributed by atoms with Crippen molar-refractivity contribution >= 4 is 11.1 Å². The van der Waals surface area contributed by atoms with Crippen molar-refractivity contribution in [3.05, 3.63) is 95.6 Å². The zero-order chi connectivity index (χ0) is 23.0. The van der Waals surface area contributed by atoms with E-state index < -0.39 is 0 Å². The zero-order valence-electron chi connectivity index (χ0n) is 19.3. The molecule has 0 bridgehead atoms. The van der Waals surface area contributed by atoms with Gasteiger partial charge < -0.3 is 19.8 Å². The number of ether oxygens (including phenoxy) is 1. The van der Waals surface area contributed by atoms with Crippen LogP contribution >= 0.6 is 0 Å². The molecule has 0 aliphatic carbocycles. The van der Waals surface area contributed by atoms with Crippen molar-refractivity contribution in [1.82, 2.24) is 4.90 Å². The second-order valence-electron chi connectivity index (χ2n) is 8.70. The first-order valence-corrected chi connectivity index (χ1v) is 11.8. The van der Waals surface area contributed by atoms with Crippen LogP contribution in [-0.2, 0) is 0 Å². The Bertz CT molecular complexity index is 1040. The molecular weight excluding hydrogens is 410 g/mol. The Morgan fingerprint density at radius 1 is 0.879 bits per heavy atom. The van der Waals surface area contributed by atoms with Crippen LogP contribution in [0, 0.1) is 0 Å². The summed E-state index contributed by atoms with van der Waals surface area (Å²) in [4.78, 5) is 2.35. The van der Waals surface area contributed by atoms with Gasteiger partial charge in [0.15, 0.2) is 0 Å². The highest BCUT2D eigenvalue weighted by molar-refractivity contribution is 5.98. The Morgan fingerprint density at radius 2 is 1.52 bits per heavy atom. The molecule has 3 aromatic carbocycles. The normalized spacial score (nSPS) is 18.0. The average Bonchev–Trinajstić information content (AvgIpc) is 3.56. The Morgan fingerprint density at radius 3 is 2.12 bits per heavy atom. The van der Waals surface area contributed by atoms with Gasteiger partial charge in [-0.2, -0.15) is 0 Å². The van der Waals surface area contributed by atoms with E-state index in [9.17, 15) is 10.2 Å². The maximum absolute atomic E-state index is 9.83. The van der Waals surface area contributed by atoms with E-state index in [1.165, 1.54) is 18.5 Å². The first kappa shape index (κ1) is 23.1. The monoisotopic (exact) mass is 443 g/mol. The number of benzene rings is 3. The molecule has 1 heterocycles. The van der Waals surface area contributed by atoms with Gasteiger partial charge in [-0.15, -0.1) is 0 Å². The summed E-state index contributed by atoms with van der Waals surface area (Å²) in [6.45, 7) is 2.08. The molecule has 4 rings (SSSR count). The molecule has 1 unspecified atom stereocenters. The molecule has 2 atom stereocenters. The molecule has 1 aliphatic rings. The molecule has 172 valence electrons. The number of hydrogen-bond acceptors (Lipinski definition) is 4. The lowest BCUT2D eigenvalue weighted by atomic mass is 9.87. The summed E-state index contributed by atoms with van der Waals surface area (Å²) in [5.41, 5.74) is 5.55. The zero-order valence-corrected chi connectivity index (χ0v) is 19.3. The minimum absolute atomic E-state index is 0.141. The van der Waals surface area contributed by atoms with Gasteiger partial charge in [0.25, 0.3) is 0 Å². The topological polar surface area (TPSA) is 52.7 Å². The fraction of sp³-hybridized carbons (Fsp3) is 0.310. The Kier molecular flexibility index (Phi) is 7.82. The fourth-order valence-electron chi connectivity index (χ4n) is 4.28. The highest BCUT2D eigenvalue weighted by Crippen LogP contribution is 2.36. The van der Waals surface area contributed by atoms with E-state index in [-0.39, 0.29) is 12.4 Å². The first-order chi connectivity index (χ1) is 16.2. The van der Waals surface area contributed by atoms with Gasteiger partial charge in [-0.3, -0.25) is 0 Å². The van der Waals surface area contributed by atoms with Gasteiger partial charge in [0.05, 0.1) is 6.61 Å². The Labute approximate surface area is 196 Å². The maximum atomic E-state index is 9.83. The van der Waals surface area contributed by atoms with E-state index in [2.05, 4.69) is 36.2 Å². The van der Waals surface area contributed by atoms with E-state index in [1.54, 1.807) is 12.1 Å². The summed E-state index contributed by atoms with van der Waals surface area (Å²) in [6, 6.07) is 26.7. The van der Waals surface area contributed by atoms with Gasteiger partial charge in [0, 0.05) is 19.2 Å². The molecule has 1 aliphatic heterocycles. The molecule has 3 aromatic rings. The van der Waals surface area contributed by atoms with Gasteiger partial charge in [0.2, 0.25) is 0 Å². The predicted octanol–water partition coefficient (Wildman–Crippen LogP) is 5.60. The summed E-state index contributed by atoms with van der Waals surface area (Å²) < 4.78 is 5.98. The molecule has 4 heteroatoms. The number of likely N-dealkylation sites (N-methyl/N-ethyl adjacent to an activating group) is 1. The van der Waals surface area contributed by atoms with Crippen LogP contribution in [0.15, 0.2) is 78.9 Å². The van der Waals surface area contributed by atoms with Gasteiger partial charge in [0.1, 0.15) is 11.5 Å². The number of aliphatic hydroxyl groups is 1. The van der Waals surface area contributed by atoms with Crippen molar-refractivity contribution in [2.75, 3.05) is 26.8 Å². The summed E-state index contributed by atoms with van der Waals surface area (Å²) in [7, 11) is 2.16. The predicted molar refractivity (Wildman–Crippen MR) is 134 cm³/mol. The number of phenols is 1. The van der Waals surface area contributed by atoms with E-state index in [0.717, 1.165) is 53.5 Å². The minimum Gasteiger partial charge on any atom is -0.508 e. The standard InChI is InChI=1S/C29H33NO3/c1-30-21-25(30)9-6-20-33-27-17-13-24(14-18-27)29(23-11-15-26(32)16-12-23)28(10-5-19-31)22-7-3-2-4-8-22/h2-4,7-8,11-18,25,31-32H,5-6,9-10,19-21H2,1H3/t25-,30?/m1/s1. The second-order valence-corrected chi connectivity index (χ2v) is 8.70. The molecule has 1 fully saturated rings. The maximum Gasteiger partial charge on any atom is 0.119 e. The van der Waals surface area contributed by atoms with Crippen molar-refractivity contribution in [2.45, 2.75) is 31.7 Å². The third-order valence-electron chi connectivity index (χ3n) is 6.25. The van der Waals surface area contributed by atoms with Gasteiger partial charge in [-0.1, -0.05) is 54.6 Å². The molecule has 0 aromatic heterocycles. The van der Waals surface area contributed by atoms with Crippen LogP contribution in [0.5, 0.6) is 11.5 Å². The van der Waals surface area contributed by atoms with Crippen LogP contribution in [0.3, 0.4) is 0 Å². The third-order valence-corrected chi connectivity index (χ3v) is 6.25. The molecule has 4 nitrogen and oxygen atoms in total.